The second kappa shape index (κ2) is 8.12. The van der Waals surface area contributed by atoms with Gasteiger partial charge in [-0.15, -0.1) is 11.3 Å². The van der Waals surface area contributed by atoms with Gasteiger partial charge in [-0.3, -0.25) is 4.98 Å². The van der Waals surface area contributed by atoms with Crippen molar-refractivity contribution < 1.29 is 13.9 Å². The molecule has 1 saturated heterocycles. The van der Waals surface area contributed by atoms with Gasteiger partial charge in [-0.2, -0.15) is 0 Å². The fourth-order valence-electron chi connectivity index (χ4n) is 3.26. The van der Waals surface area contributed by atoms with Crippen LogP contribution in [0.25, 0.3) is 10.1 Å². The maximum Gasteiger partial charge on any atom is 0.157 e. The van der Waals surface area contributed by atoms with Crippen LogP contribution in [-0.4, -0.2) is 31.0 Å². The van der Waals surface area contributed by atoms with Crippen molar-refractivity contribution in [2.75, 3.05) is 24.7 Å². The Labute approximate surface area is 156 Å². The van der Waals surface area contributed by atoms with Crippen LogP contribution in [-0.2, 0) is 9.47 Å². The molecule has 3 aromatic rings. The lowest BCUT2D eigenvalue weighted by molar-refractivity contribution is -0.160. The van der Waals surface area contributed by atoms with Gasteiger partial charge < -0.3 is 14.4 Å². The van der Waals surface area contributed by atoms with Gasteiger partial charge in [0, 0.05) is 41.3 Å². The molecule has 4 rings (SSSR count). The van der Waals surface area contributed by atoms with Gasteiger partial charge in [0.1, 0.15) is 5.82 Å². The lowest BCUT2D eigenvalue weighted by atomic mass is 10.2. The van der Waals surface area contributed by atoms with Crippen molar-refractivity contribution in [1.29, 1.82) is 0 Å². The third-order valence-corrected chi connectivity index (χ3v) is 5.49. The Morgan fingerprint density at radius 1 is 1.23 bits per heavy atom. The first-order valence-corrected chi connectivity index (χ1v) is 9.77. The largest absolute Gasteiger partial charge is 0.353 e. The summed E-state index contributed by atoms with van der Waals surface area (Å²) in [6, 6.07) is 9.07. The first-order chi connectivity index (χ1) is 12.8. The van der Waals surface area contributed by atoms with Gasteiger partial charge in [-0.25, -0.2) is 4.39 Å². The van der Waals surface area contributed by atoms with E-state index in [9.17, 15) is 4.39 Å². The second-order valence-electron chi connectivity index (χ2n) is 6.26. The second-order valence-corrected chi connectivity index (χ2v) is 7.17. The normalized spacial score (nSPS) is 17.5. The number of benzene rings is 1. The molecule has 0 bridgehead atoms. The van der Waals surface area contributed by atoms with Gasteiger partial charge in [0.25, 0.3) is 0 Å². The summed E-state index contributed by atoms with van der Waals surface area (Å²) in [7, 11) is 0. The number of ether oxygens (including phenoxy) is 2. The van der Waals surface area contributed by atoms with E-state index in [1.54, 1.807) is 29.8 Å². The Kier molecular flexibility index (Phi) is 5.43. The zero-order valence-electron chi connectivity index (χ0n) is 14.4. The Balaban J connectivity index is 1.58. The van der Waals surface area contributed by atoms with E-state index in [0.717, 1.165) is 41.9 Å². The summed E-state index contributed by atoms with van der Waals surface area (Å²) in [5.41, 5.74) is 1.83. The van der Waals surface area contributed by atoms with Gasteiger partial charge >= 0.3 is 0 Å². The fourth-order valence-corrected chi connectivity index (χ4v) is 4.22. The molecule has 3 heterocycles. The molecule has 1 aliphatic heterocycles. The molecule has 0 saturated carbocycles. The highest BCUT2D eigenvalue weighted by molar-refractivity contribution is 7.17. The van der Waals surface area contributed by atoms with Crippen molar-refractivity contribution in [2.24, 2.45) is 0 Å². The molecule has 6 heteroatoms. The first-order valence-electron chi connectivity index (χ1n) is 8.89. The molecule has 1 aromatic carbocycles. The number of anilines is 2. The minimum absolute atomic E-state index is 0.126. The SMILES string of the molecule is Fc1cccc2scc(N(CCOC3CCCCO3)c3ccncc3)c12. The third kappa shape index (κ3) is 3.72. The zero-order chi connectivity index (χ0) is 17.8. The Morgan fingerprint density at radius 3 is 2.92 bits per heavy atom. The maximum absolute atomic E-state index is 14.5. The van der Waals surface area contributed by atoms with Gasteiger partial charge in [0.2, 0.25) is 0 Å². The van der Waals surface area contributed by atoms with E-state index in [2.05, 4.69) is 9.88 Å². The highest BCUT2D eigenvalue weighted by atomic mass is 32.1. The van der Waals surface area contributed by atoms with Crippen LogP contribution >= 0.6 is 11.3 Å². The molecule has 0 radical (unpaired) electrons. The summed E-state index contributed by atoms with van der Waals surface area (Å²) in [5.74, 6) is -0.200. The topological polar surface area (TPSA) is 34.6 Å². The molecule has 1 fully saturated rings. The number of nitrogens with zero attached hydrogens (tertiary/aromatic N) is 2. The number of pyridine rings is 1. The summed E-state index contributed by atoms with van der Waals surface area (Å²) in [6.45, 7) is 1.89. The van der Waals surface area contributed by atoms with E-state index in [1.165, 1.54) is 6.07 Å². The molecule has 0 aliphatic carbocycles. The van der Waals surface area contributed by atoms with Crippen molar-refractivity contribution in [1.82, 2.24) is 4.98 Å². The number of hydrogen-bond acceptors (Lipinski definition) is 5. The number of aromatic nitrogens is 1. The molecule has 26 heavy (non-hydrogen) atoms. The highest BCUT2D eigenvalue weighted by Crippen LogP contribution is 2.38. The molecule has 0 spiro atoms. The highest BCUT2D eigenvalue weighted by Gasteiger charge is 2.19. The van der Waals surface area contributed by atoms with E-state index >= 15 is 0 Å². The van der Waals surface area contributed by atoms with E-state index in [4.69, 9.17) is 9.47 Å². The van der Waals surface area contributed by atoms with Crippen LogP contribution in [0.1, 0.15) is 19.3 Å². The van der Waals surface area contributed by atoms with Crippen molar-refractivity contribution in [2.45, 2.75) is 25.6 Å². The molecule has 4 nitrogen and oxygen atoms in total. The lowest BCUT2D eigenvalue weighted by Crippen LogP contribution is -2.28. The average molecular weight is 372 g/mol. The van der Waals surface area contributed by atoms with Crippen LogP contribution in [0.3, 0.4) is 0 Å². The smallest absolute Gasteiger partial charge is 0.157 e. The number of thiophene rings is 1. The van der Waals surface area contributed by atoms with Gasteiger partial charge in [-0.05, 0) is 43.5 Å². The van der Waals surface area contributed by atoms with E-state index < -0.39 is 0 Å². The van der Waals surface area contributed by atoms with Crippen molar-refractivity contribution in [3.05, 3.63) is 53.9 Å². The van der Waals surface area contributed by atoms with Crippen LogP contribution in [0, 0.1) is 5.82 Å². The third-order valence-electron chi connectivity index (χ3n) is 4.55. The van der Waals surface area contributed by atoms with E-state index in [1.807, 2.05) is 23.6 Å². The monoisotopic (exact) mass is 372 g/mol. The maximum atomic E-state index is 14.5. The standard InChI is InChI=1S/C20H21FN2O2S/c21-16-4-3-5-18-20(16)17(14-26-18)23(15-7-9-22-10-8-15)11-13-25-19-6-1-2-12-24-19/h3-5,7-10,14,19H,1-2,6,11-13H2. The van der Waals surface area contributed by atoms with E-state index in [0.29, 0.717) is 18.5 Å². The summed E-state index contributed by atoms with van der Waals surface area (Å²) in [4.78, 5) is 6.18. The number of rotatable bonds is 6. The van der Waals surface area contributed by atoms with Gasteiger partial charge in [0.15, 0.2) is 6.29 Å². The zero-order valence-corrected chi connectivity index (χ0v) is 15.3. The van der Waals surface area contributed by atoms with Gasteiger partial charge in [-0.1, -0.05) is 6.07 Å². The number of hydrogen-bond donors (Lipinski definition) is 0. The van der Waals surface area contributed by atoms with Crippen LogP contribution in [0.5, 0.6) is 0 Å². The minimum Gasteiger partial charge on any atom is -0.353 e. The van der Waals surface area contributed by atoms with Crippen LogP contribution in [0.4, 0.5) is 15.8 Å². The minimum atomic E-state index is -0.200. The first kappa shape index (κ1) is 17.4. The average Bonchev–Trinajstić information content (AvgIpc) is 3.12. The predicted octanol–water partition coefficient (Wildman–Crippen LogP) is 5.12. The van der Waals surface area contributed by atoms with Crippen molar-refractivity contribution in [3.63, 3.8) is 0 Å². The lowest BCUT2D eigenvalue weighted by Gasteiger charge is -2.27. The Hall–Kier alpha value is -2.02. The van der Waals surface area contributed by atoms with Gasteiger partial charge in [0.05, 0.1) is 17.7 Å². The molecular weight excluding hydrogens is 351 g/mol. The quantitative estimate of drug-likeness (QED) is 0.602. The summed E-state index contributed by atoms with van der Waals surface area (Å²) in [6.07, 6.45) is 6.54. The number of halogens is 1. The van der Waals surface area contributed by atoms with E-state index in [-0.39, 0.29) is 12.1 Å². The molecule has 1 aliphatic rings. The van der Waals surface area contributed by atoms with Crippen LogP contribution in [0.2, 0.25) is 0 Å². The number of fused-ring (bicyclic) bond motifs is 1. The van der Waals surface area contributed by atoms with Crippen LogP contribution in [0.15, 0.2) is 48.1 Å². The fraction of sp³-hybridized carbons (Fsp3) is 0.350. The summed E-state index contributed by atoms with van der Waals surface area (Å²) >= 11 is 1.55. The summed E-state index contributed by atoms with van der Waals surface area (Å²) in [5, 5.41) is 2.66. The summed E-state index contributed by atoms with van der Waals surface area (Å²) < 4.78 is 27.0. The molecule has 2 aromatic heterocycles. The molecule has 0 N–H and O–H groups in total. The molecule has 1 atom stereocenters. The van der Waals surface area contributed by atoms with Crippen LogP contribution < -0.4 is 4.90 Å². The predicted molar refractivity (Wildman–Crippen MR) is 103 cm³/mol. The molecular formula is C20H21FN2O2S. The molecule has 136 valence electrons. The van der Waals surface area contributed by atoms with Crippen molar-refractivity contribution in [3.8, 4) is 0 Å². The molecule has 0 amide bonds. The Bertz CT molecular complexity index is 849. The Morgan fingerprint density at radius 2 is 2.12 bits per heavy atom. The molecule has 1 unspecified atom stereocenters. The van der Waals surface area contributed by atoms with Crippen molar-refractivity contribution >= 4 is 32.8 Å².